The van der Waals surface area contributed by atoms with Crippen LogP contribution in [0.3, 0.4) is 0 Å². The molecular weight excluding hydrogens is 272 g/mol. The first-order chi connectivity index (χ1) is 9.60. The highest BCUT2D eigenvalue weighted by Gasteiger charge is 2.06. The van der Waals surface area contributed by atoms with Crippen molar-refractivity contribution in [2.75, 3.05) is 17.7 Å². The number of carbonyl (C=O) groups excluding carboxylic acids is 1. The van der Waals surface area contributed by atoms with Gasteiger partial charge in [-0.2, -0.15) is 0 Å². The summed E-state index contributed by atoms with van der Waals surface area (Å²) < 4.78 is 5.33. The molecule has 1 aromatic heterocycles. The molecule has 20 heavy (non-hydrogen) atoms. The second-order valence-electron chi connectivity index (χ2n) is 4.48. The van der Waals surface area contributed by atoms with Gasteiger partial charge in [-0.3, -0.25) is 4.79 Å². The summed E-state index contributed by atoms with van der Waals surface area (Å²) in [5.41, 5.74) is 2.90. The highest BCUT2D eigenvalue weighted by Crippen LogP contribution is 2.29. The molecule has 0 atom stereocenters. The Morgan fingerprint density at radius 1 is 1.35 bits per heavy atom. The molecule has 0 aliphatic rings. The third-order valence-corrected chi connectivity index (χ3v) is 3.95. The second kappa shape index (κ2) is 6.43. The molecule has 0 spiro atoms. The van der Waals surface area contributed by atoms with Crippen LogP contribution in [0.2, 0.25) is 0 Å². The number of anilines is 2. The molecule has 0 saturated carbocycles. The van der Waals surface area contributed by atoms with Crippen molar-refractivity contribution in [2.24, 2.45) is 0 Å². The summed E-state index contributed by atoms with van der Waals surface area (Å²) in [4.78, 5) is 12.4. The van der Waals surface area contributed by atoms with Gasteiger partial charge in [-0.05, 0) is 42.1 Å². The average molecular weight is 290 g/mol. The molecule has 1 amide bonds. The Balaban J connectivity index is 2.15. The Bertz CT molecular complexity index is 608. The van der Waals surface area contributed by atoms with Crippen LogP contribution in [0.5, 0.6) is 5.75 Å². The fourth-order valence-electron chi connectivity index (χ4n) is 1.89. The number of amides is 1. The lowest BCUT2D eigenvalue weighted by atomic mass is 10.2. The Kier molecular flexibility index (Phi) is 4.63. The zero-order valence-corrected chi connectivity index (χ0v) is 12.6. The third-order valence-electron chi connectivity index (χ3n) is 2.93. The van der Waals surface area contributed by atoms with E-state index in [0.29, 0.717) is 0 Å². The number of hydrogen-bond acceptors (Lipinski definition) is 4. The van der Waals surface area contributed by atoms with E-state index in [9.17, 15) is 4.79 Å². The topological polar surface area (TPSA) is 50.4 Å². The molecule has 106 valence electrons. The van der Waals surface area contributed by atoms with Gasteiger partial charge in [0.05, 0.1) is 12.8 Å². The maximum atomic E-state index is 11.1. The van der Waals surface area contributed by atoms with E-state index in [1.807, 2.05) is 18.2 Å². The molecule has 0 aliphatic heterocycles. The standard InChI is InChI=1S/C15H18N2O2S/c1-10-6-7-20-15(10)9-16-13-8-12(17-11(2)18)4-5-14(13)19-3/h4-8,16H,9H2,1-3H3,(H,17,18). The molecule has 1 heterocycles. The Morgan fingerprint density at radius 3 is 2.75 bits per heavy atom. The molecular formula is C15H18N2O2S. The quantitative estimate of drug-likeness (QED) is 0.884. The van der Waals surface area contributed by atoms with E-state index >= 15 is 0 Å². The van der Waals surface area contributed by atoms with Gasteiger partial charge in [-0.25, -0.2) is 0 Å². The number of methoxy groups -OCH3 is 1. The predicted octanol–water partition coefficient (Wildman–Crippen LogP) is 3.64. The molecule has 4 nitrogen and oxygen atoms in total. The van der Waals surface area contributed by atoms with Gasteiger partial charge >= 0.3 is 0 Å². The summed E-state index contributed by atoms with van der Waals surface area (Å²) in [5.74, 6) is 0.670. The summed E-state index contributed by atoms with van der Waals surface area (Å²) in [5, 5.41) is 8.21. The van der Waals surface area contributed by atoms with Gasteiger partial charge < -0.3 is 15.4 Å². The van der Waals surface area contributed by atoms with Crippen molar-refractivity contribution in [1.29, 1.82) is 0 Å². The van der Waals surface area contributed by atoms with Gasteiger partial charge in [0.15, 0.2) is 0 Å². The molecule has 5 heteroatoms. The fourth-order valence-corrected chi connectivity index (χ4v) is 2.73. The third kappa shape index (κ3) is 3.51. The van der Waals surface area contributed by atoms with Gasteiger partial charge in [0.2, 0.25) is 5.91 Å². The van der Waals surface area contributed by atoms with Crippen LogP contribution in [0.1, 0.15) is 17.4 Å². The van der Waals surface area contributed by atoms with E-state index in [0.717, 1.165) is 23.7 Å². The summed E-state index contributed by atoms with van der Waals surface area (Å²) in [6, 6.07) is 7.65. The fraction of sp³-hybridized carbons (Fsp3) is 0.267. The van der Waals surface area contributed by atoms with Crippen molar-refractivity contribution >= 4 is 28.6 Å². The Morgan fingerprint density at radius 2 is 2.15 bits per heavy atom. The molecule has 0 fully saturated rings. The number of ether oxygens (including phenoxy) is 1. The predicted molar refractivity (Wildman–Crippen MR) is 83.7 cm³/mol. The van der Waals surface area contributed by atoms with E-state index in [4.69, 9.17) is 4.74 Å². The van der Waals surface area contributed by atoms with E-state index < -0.39 is 0 Å². The average Bonchev–Trinajstić information content (AvgIpc) is 2.81. The van der Waals surface area contributed by atoms with Crippen molar-refractivity contribution in [3.63, 3.8) is 0 Å². The van der Waals surface area contributed by atoms with Crippen molar-refractivity contribution in [2.45, 2.75) is 20.4 Å². The summed E-state index contributed by atoms with van der Waals surface area (Å²) in [6.07, 6.45) is 0. The molecule has 2 rings (SSSR count). The molecule has 0 unspecified atom stereocenters. The van der Waals surface area contributed by atoms with Crippen LogP contribution >= 0.6 is 11.3 Å². The second-order valence-corrected chi connectivity index (χ2v) is 5.48. The smallest absolute Gasteiger partial charge is 0.221 e. The highest BCUT2D eigenvalue weighted by molar-refractivity contribution is 7.10. The highest BCUT2D eigenvalue weighted by atomic mass is 32.1. The summed E-state index contributed by atoms with van der Waals surface area (Å²) >= 11 is 1.72. The number of carbonyl (C=O) groups is 1. The van der Waals surface area contributed by atoms with Crippen molar-refractivity contribution in [1.82, 2.24) is 0 Å². The van der Waals surface area contributed by atoms with Gasteiger partial charge in [-0.15, -0.1) is 11.3 Å². The first kappa shape index (κ1) is 14.4. The van der Waals surface area contributed by atoms with E-state index in [2.05, 4.69) is 29.0 Å². The molecule has 2 aromatic rings. The normalized spacial score (nSPS) is 10.2. The van der Waals surface area contributed by atoms with Crippen LogP contribution in [-0.2, 0) is 11.3 Å². The minimum absolute atomic E-state index is 0.0878. The lowest BCUT2D eigenvalue weighted by Gasteiger charge is -2.13. The number of nitrogens with one attached hydrogen (secondary N) is 2. The summed E-state index contributed by atoms with van der Waals surface area (Å²) in [6.45, 7) is 4.33. The van der Waals surface area contributed by atoms with Crippen LogP contribution in [-0.4, -0.2) is 13.0 Å². The SMILES string of the molecule is COc1ccc(NC(C)=O)cc1NCc1sccc1C. The molecule has 0 bridgehead atoms. The lowest BCUT2D eigenvalue weighted by Crippen LogP contribution is -2.07. The molecule has 0 radical (unpaired) electrons. The monoisotopic (exact) mass is 290 g/mol. The first-order valence-electron chi connectivity index (χ1n) is 6.32. The van der Waals surface area contributed by atoms with Gasteiger partial charge in [0.25, 0.3) is 0 Å². The van der Waals surface area contributed by atoms with Crippen LogP contribution in [0.15, 0.2) is 29.6 Å². The van der Waals surface area contributed by atoms with Crippen LogP contribution in [0.25, 0.3) is 0 Å². The minimum atomic E-state index is -0.0878. The van der Waals surface area contributed by atoms with E-state index in [1.165, 1.54) is 17.4 Å². The van der Waals surface area contributed by atoms with Crippen molar-refractivity contribution < 1.29 is 9.53 Å². The zero-order chi connectivity index (χ0) is 14.5. The lowest BCUT2D eigenvalue weighted by molar-refractivity contribution is -0.114. The van der Waals surface area contributed by atoms with Gasteiger partial charge in [0, 0.05) is 24.0 Å². The van der Waals surface area contributed by atoms with Crippen LogP contribution in [0, 0.1) is 6.92 Å². The molecule has 0 aliphatic carbocycles. The summed E-state index contributed by atoms with van der Waals surface area (Å²) in [7, 11) is 1.63. The largest absolute Gasteiger partial charge is 0.495 e. The Hall–Kier alpha value is -2.01. The number of aryl methyl sites for hydroxylation is 1. The van der Waals surface area contributed by atoms with Gasteiger partial charge in [0.1, 0.15) is 5.75 Å². The number of benzene rings is 1. The minimum Gasteiger partial charge on any atom is -0.495 e. The number of hydrogen-bond donors (Lipinski definition) is 2. The molecule has 2 N–H and O–H groups in total. The molecule has 1 aromatic carbocycles. The van der Waals surface area contributed by atoms with Crippen LogP contribution < -0.4 is 15.4 Å². The van der Waals surface area contributed by atoms with E-state index in [1.54, 1.807) is 18.4 Å². The van der Waals surface area contributed by atoms with Gasteiger partial charge in [-0.1, -0.05) is 0 Å². The Labute approximate surface area is 122 Å². The molecule has 0 saturated heterocycles. The van der Waals surface area contributed by atoms with E-state index in [-0.39, 0.29) is 5.91 Å². The first-order valence-corrected chi connectivity index (χ1v) is 7.20. The van der Waals surface area contributed by atoms with Crippen molar-refractivity contribution in [3.05, 3.63) is 40.1 Å². The maximum Gasteiger partial charge on any atom is 0.221 e. The van der Waals surface area contributed by atoms with Crippen molar-refractivity contribution in [3.8, 4) is 5.75 Å². The number of rotatable bonds is 5. The maximum absolute atomic E-state index is 11.1. The van der Waals surface area contributed by atoms with Crippen LogP contribution in [0.4, 0.5) is 11.4 Å². The number of thiophene rings is 1. The zero-order valence-electron chi connectivity index (χ0n) is 11.8.